The van der Waals surface area contributed by atoms with Crippen molar-refractivity contribution in [1.29, 1.82) is 0 Å². The summed E-state index contributed by atoms with van der Waals surface area (Å²) in [5.41, 5.74) is 1.91. The molecule has 2 rings (SSSR count). The molecule has 2 aromatic rings. The molecule has 16 heavy (non-hydrogen) atoms. The van der Waals surface area contributed by atoms with Crippen molar-refractivity contribution in [2.45, 2.75) is 26.8 Å². The molecule has 0 bridgehead atoms. The van der Waals surface area contributed by atoms with E-state index in [0.717, 1.165) is 20.9 Å². The summed E-state index contributed by atoms with van der Waals surface area (Å²) in [5.74, 6) is 0.113. The average Bonchev–Trinajstić information content (AvgIpc) is 2.56. The lowest BCUT2D eigenvalue weighted by molar-refractivity contribution is 0.101. The lowest BCUT2D eigenvalue weighted by Crippen LogP contribution is -1.98. The van der Waals surface area contributed by atoms with Gasteiger partial charge in [0, 0.05) is 33.2 Å². The minimum absolute atomic E-state index is 0.113. The summed E-state index contributed by atoms with van der Waals surface area (Å²) < 4.78 is 3.14. The van der Waals surface area contributed by atoms with Gasteiger partial charge in [-0.25, -0.2) is 0 Å². The summed E-state index contributed by atoms with van der Waals surface area (Å²) in [6, 6.07) is 6.42. The molecule has 2 nitrogen and oxygen atoms in total. The minimum atomic E-state index is 0.113. The number of carbonyl (C=O) groups is 1. The fourth-order valence-electron chi connectivity index (χ4n) is 1.94. The van der Waals surface area contributed by atoms with Gasteiger partial charge in [-0.05, 0) is 39.0 Å². The zero-order chi connectivity index (χ0) is 11.9. The number of fused-ring (bicyclic) bond motifs is 1. The Hall–Kier alpha value is -1.09. The molecule has 0 N–H and O–H groups in total. The van der Waals surface area contributed by atoms with E-state index in [1.165, 1.54) is 0 Å². The van der Waals surface area contributed by atoms with Crippen LogP contribution in [0.5, 0.6) is 0 Å². The smallest absolute Gasteiger partial charge is 0.161 e. The zero-order valence-electron chi connectivity index (χ0n) is 9.62. The maximum Gasteiger partial charge on any atom is 0.161 e. The second kappa shape index (κ2) is 4.06. The molecule has 0 spiro atoms. The molecule has 1 aromatic carbocycles. The second-order valence-corrected chi connectivity index (χ2v) is 5.18. The lowest BCUT2D eigenvalue weighted by Gasteiger charge is -2.08. The van der Waals surface area contributed by atoms with Crippen molar-refractivity contribution >= 4 is 32.6 Å². The fourth-order valence-corrected chi connectivity index (χ4v) is 2.30. The van der Waals surface area contributed by atoms with Crippen LogP contribution in [0.1, 0.15) is 37.2 Å². The van der Waals surface area contributed by atoms with Gasteiger partial charge in [0.25, 0.3) is 0 Å². The molecule has 1 heterocycles. The molecule has 0 aliphatic heterocycles. The summed E-state index contributed by atoms with van der Waals surface area (Å²) in [4.78, 5) is 11.6. The van der Waals surface area contributed by atoms with Crippen LogP contribution in [-0.2, 0) is 0 Å². The average molecular weight is 280 g/mol. The molecule has 0 aliphatic carbocycles. The second-order valence-electron chi connectivity index (χ2n) is 4.26. The van der Waals surface area contributed by atoms with Gasteiger partial charge in [-0.1, -0.05) is 15.9 Å². The Balaban J connectivity index is 2.81. The predicted molar refractivity (Wildman–Crippen MR) is 70.0 cm³/mol. The molecule has 0 fully saturated rings. The number of Topliss-reactive ketones (excluding diaryl/α,β-unsaturated/α-hetero) is 1. The van der Waals surface area contributed by atoms with E-state index in [2.05, 4.69) is 34.3 Å². The van der Waals surface area contributed by atoms with Gasteiger partial charge in [-0.2, -0.15) is 0 Å². The SMILES string of the molecule is CC(=O)c1cn(C(C)C)c2ccc(Br)cc12. The highest BCUT2D eigenvalue weighted by Gasteiger charge is 2.13. The van der Waals surface area contributed by atoms with Crippen LogP contribution in [0, 0.1) is 0 Å². The van der Waals surface area contributed by atoms with Crippen molar-refractivity contribution in [3.63, 3.8) is 0 Å². The van der Waals surface area contributed by atoms with Crippen molar-refractivity contribution in [3.05, 3.63) is 34.4 Å². The largest absolute Gasteiger partial charge is 0.344 e. The lowest BCUT2D eigenvalue weighted by atomic mass is 10.1. The summed E-state index contributed by atoms with van der Waals surface area (Å²) in [6.07, 6.45) is 1.95. The molecule has 0 atom stereocenters. The van der Waals surface area contributed by atoms with Crippen LogP contribution in [0.15, 0.2) is 28.9 Å². The molecule has 0 radical (unpaired) electrons. The molecular weight excluding hydrogens is 266 g/mol. The van der Waals surface area contributed by atoms with Gasteiger partial charge in [-0.15, -0.1) is 0 Å². The molecule has 0 saturated carbocycles. The number of carbonyl (C=O) groups excluding carboxylic acids is 1. The van der Waals surface area contributed by atoms with Crippen molar-refractivity contribution < 1.29 is 4.79 Å². The van der Waals surface area contributed by atoms with Crippen molar-refractivity contribution in [2.75, 3.05) is 0 Å². The standard InChI is InChI=1S/C13H14BrNO/c1-8(2)15-7-12(9(3)16)11-6-10(14)4-5-13(11)15/h4-8H,1-3H3. The van der Waals surface area contributed by atoms with Gasteiger partial charge >= 0.3 is 0 Å². The number of hydrogen-bond acceptors (Lipinski definition) is 1. The molecule has 1 aromatic heterocycles. The topological polar surface area (TPSA) is 22.0 Å². The molecule has 3 heteroatoms. The molecular formula is C13H14BrNO. The van der Waals surface area contributed by atoms with E-state index in [1.54, 1.807) is 6.92 Å². The van der Waals surface area contributed by atoms with Gasteiger partial charge < -0.3 is 4.57 Å². The number of halogens is 1. The summed E-state index contributed by atoms with van der Waals surface area (Å²) >= 11 is 3.44. The zero-order valence-corrected chi connectivity index (χ0v) is 11.2. The van der Waals surface area contributed by atoms with E-state index in [0.29, 0.717) is 6.04 Å². The van der Waals surface area contributed by atoms with Crippen LogP contribution in [0.25, 0.3) is 10.9 Å². The molecule has 0 amide bonds. The van der Waals surface area contributed by atoms with Crippen LogP contribution in [-0.4, -0.2) is 10.4 Å². The quantitative estimate of drug-likeness (QED) is 0.756. The highest BCUT2D eigenvalue weighted by molar-refractivity contribution is 9.10. The van der Waals surface area contributed by atoms with Crippen molar-refractivity contribution in [1.82, 2.24) is 4.57 Å². The van der Waals surface area contributed by atoms with Crippen LogP contribution < -0.4 is 0 Å². The maximum absolute atomic E-state index is 11.6. The van der Waals surface area contributed by atoms with Crippen molar-refractivity contribution in [2.24, 2.45) is 0 Å². The Labute approximate surface area is 103 Å². The first-order valence-corrected chi connectivity index (χ1v) is 6.11. The van der Waals surface area contributed by atoms with E-state index >= 15 is 0 Å². The molecule has 0 aliphatic rings. The monoisotopic (exact) mass is 279 g/mol. The van der Waals surface area contributed by atoms with Crippen LogP contribution in [0.3, 0.4) is 0 Å². The number of benzene rings is 1. The Morgan fingerprint density at radius 2 is 2.06 bits per heavy atom. The van der Waals surface area contributed by atoms with E-state index < -0.39 is 0 Å². The Morgan fingerprint density at radius 1 is 1.38 bits per heavy atom. The van der Waals surface area contributed by atoms with Crippen LogP contribution >= 0.6 is 15.9 Å². The van der Waals surface area contributed by atoms with Gasteiger partial charge in [-0.3, -0.25) is 4.79 Å². The van der Waals surface area contributed by atoms with E-state index in [9.17, 15) is 4.79 Å². The van der Waals surface area contributed by atoms with Crippen molar-refractivity contribution in [3.8, 4) is 0 Å². The van der Waals surface area contributed by atoms with Crippen LogP contribution in [0.4, 0.5) is 0 Å². The molecule has 0 saturated heterocycles. The van der Waals surface area contributed by atoms with E-state index in [-0.39, 0.29) is 5.78 Å². The normalized spacial score (nSPS) is 11.3. The highest BCUT2D eigenvalue weighted by Crippen LogP contribution is 2.27. The van der Waals surface area contributed by atoms with Gasteiger partial charge in [0.05, 0.1) is 0 Å². The number of nitrogens with zero attached hydrogens (tertiary/aromatic N) is 1. The number of aromatic nitrogens is 1. The van der Waals surface area contributed by atoms with Gasteiger partial charge in [0.2, 0.25) is 0 Å². The maximum atomic E-state index is 11.6. The summed E-state index contributed by atoms with van der Waals surface area (Å²) in [5, 5.41) is 1.02. The van der Waals surface area contributed by atoms with Gasteiger partial charge in [0.15, 0.2) is 5.78 Å². The third-order valence-corrected chi connectivity index (χ3v) is 3.22. The third-order valence-electron chi connectivity index (χ3n) is 2.73. The molecule has 0 unspecified atom stereocenters. The van der Waals surface area contributed by atoms with Crippen LogP contribution in [0.2, 0.25) is 0 Å². The first-order valence-electron chi connectivity index (χ1n) is 5.31. The number of rotatable bonds is 2. The van der Waals surface area contributed by atoms with E-state index in [4.69, 9.17) is 0 Å². The summed E-state index contributed by atoms with van der Waals surface area (Å²) in [7, 11) is 0. The Kier molecular flexibility index (Phi) is 2.89. The minimum Gasteiger partial charge on any atom is -0.344 e. The Morgan fingerprint density at radius 3 is 2.62 bits per heavy atom. The van der Waals surface area contributed by atoms with Gasteiger partial charge in [0.1, 0.15) is 0 Å². The fraction of sp³-hybridized carbons (Fsp3) is 0.308. The number of ketones is 1. The van der Waals surface area contributed by atoms with E-state index in [1.807, 2.05) is 24.4 Å². The highest BCUT2D eigenvalue weighted by atomic mass is 79.9. The summed E-state index contributed by atoms with van der Waals surface area (Å²) in [6.45, 7) is 5.84. The first-order chi connectivity index (χ1) is 7.50. The third kappa shape index (κ3) is 1.80. The first kappa shape index (κ1) is 11.4. The molecule has 84 valence electrons. The number of hydrogen-bond donors (Lipinski definition) is 0. The Bertz CT molecular complexity index is 554. The predicted octanol–water partition coefficient (Wildman–Crippen LogP) is 4.19.